The summed E-state index contributed by atoms with van der Waals surface area (Å²) in [6, 6.07) is 7.64. The fourth-order valence-electron chi connectivity index (χ4n) is 2.09. The minimum atomic E-state index is -0.852. The van der Waals surface area contributed by atoms with Crippen molar-refractivity contribution >= 4 is 24.3 Å². The van der Waals surface area contributed by atoms with Gasteiger partial charge in [-0.05, 0) is 32.0 Å². The highest BCUT2D eigenvalue weighted by atomic mass is 35.5. The average Bonchev–Trinajstić information content (AvgIpc) is 2.45. The zero-order valence-electron chi connectivity index (χ0n) is 13.6. The molecule has 0 bridgehead atoms. The van der Waals surface area contributed by atoms with Crippen LogP contribution in [0.5, 0.6) is 0 Å². The number of amides is 1. The Kier molecular flexibility index (Phi) is 8.75. The van der Waals surface area contributed by atoms with Gasteiger partial charge in [0.2, 0.25) is 5.91 Å². The summed E-state index contributed by atoms with van der Waals surface area (Å²) in [5.74, 6) is -0.860. The number of aliphatic carboxylic acids is 1. The maximum Gasteiger partial charge on any atom is 0.304 e. The van der Waals surface area contributed by atoms with E-state index in [1.165, 1.54) is 0 Å². The van der Waals surface area contributed by atoms with E-state index >= 15 is 0 Å². The minimum absolute atomic E-state index is 0. The maximum absolute atomic E-state index is 12.4. The number of benzene rings is 1. The van der Waals surface area contributed by atoms with Crippen molar-refractivity contribution in [3.63, 3.8) is 0 Å². The third-order valence-electron chi connectivity index (χ3n) is 3.74. The van der Waals surface area contributed by atoms with Crippen LogP contribution in [-0.4, -0.2) is 53.5 Å². The summed E-state index contributed by atoms with van der Waals surface area (Å²) in [6.45, 7) is 4.75. The largest absolute Gasteiger partial charge is 0.481 e. The van der Waals surface area contributed by atoms with Crippen LogP contribution < -0.4 is 0 Å². The van der Waals surface area contributed by atoms with E-state index in [0.29, 0.717) is 13.1 Å². The number of carboxylic acid groups (broad SMARTS) is 1. The Bertz CT molecular complexity index is 508. The zero-order valence-corrected chi connectivity index (χ0v) is 14.4. The van der Waals surface area contributed by atoms with Crippen molar-refractivity contribution in [1.29, 1.82) is 0 Å². The fourth-order valence-corrected chi connectivity index (χ4v) is 2.09. The number of carbonyl (C=O) groups is 2. The molecule has 0 aliphatic rings. The lowest BCUT2D eigenvalue weighted by Crippen LogP contribution is -2.44. The lowest BCUT2D eigenvalue weighted by atomic mass is 10.1. The van der Waals surface area contributed by atoms with Crippen molar-refractivity contribution in [3.8, 4) is 0 Å². The average molecular weight is 329 g/mol. The summed E-state index contributed by atoms with van der Waals surface area (Å²) in [6.07, 6.45) is 0.0373. The van der Waals surface area contributed by atoms with Crippen LogP contribution in [0.25, 0.3) is 0 Å². The molecular weight excluding hydrogens is 304 g/mol. The van der Waals surface area contributed by atoms with Gasteiger partial charge in [0.15, 0.2) is 0 Å². The van der Waals surface area contributed by atoms with Gasteiger partial charge in [-0.25, -0.2) is 0 Å². The summed E-state index contributed by atoms with van der Waals surface area (Å²) in [7, 11) is 3.55. The number of likely N-dealkylation sites (N-methyl/N-ethyl adjacent to an activating group) is 2. The molecule has 0 saturated carbocycles. The summed E-state index contributed by atoms with van der Waals surface area (Å²) in [4.78, 5) is 26.4. The molecule has 6 heteroatoms. The van der Waals surface area contributed by atoms with Crippen LogP contribution in [-0.2, 0) is 16.1 Å². The Labute approximate surface area is 138 Å². The van der Waals surface area contributed by atoms with Crippen LogP contribution in [0.2, 0.25) is 0 Å². The predicted octanol–water partition coefficient (Wildman–Crippen LogP) is 2.17. The molecule has 1 amide bonds. The van der Waals surface area contributed by atoms with Crippen LogP contribution >= 0.6 is 12.4 Å². The summed E-state index contributed by atoms with van der Waals surface area (Å²) in [5, 5.41) is 8.70. The SMILES string of the molecule is Cc1ccccc1CN(C)C(=O)C(C)N(C)CCC(=O)O.Cl. The summed E-state index contributed by atoms with van der Waals surface area (Å²) >= 11 is 0. The quantitative estimate of drug-likeness (QED) is 0.833. The van der Waals surface area contributed by atoms with E-state index in [2.05, 4.69) is 0 Å². The number of rotatable bonds is 7. The molecule has 0 aromatic heterocycles. The van der Waals surface area contributed by atoms with E-state index in [-0.39, 0.29) is 30.8 Å². The Balaban J connectivity index is 0.00000441. The number of carbonyl (C=O) groups excluding carboxylic acids is 1. The van der Waals surface area contributed by atoms with E-state index in [1.807, 2.05) is 31.2 Å². The highest BCUT2D eigenvalue weighted by Gasteiger charge is 2.22. The number of nitrogens with zero attached hydrogens (tertiary/aromatic N) is 2. The lowest BCUT2D eigenvalue weighted by molar-refractivity contribution is -0.139. The van der Waals surface area contributed by atoms with Crippen molar-refractivity contribution in [3.05, 3.63) is 35.4 Å². The van der Waals surface area contributed by atoms with Crippen LogP contribution in [0.1, 0.15) is 24.5 Å². The second-order valence-corrected chi connectivity index (χ2v) is 5.42. The first-order valence-electron chi connectivity index (χ1n) is 7.04. The van der Waals surface area contributed by atoms with Gasteiger partial charge in [0, 0.05) is 20.1 Å². The molecule has 0 heterocycles. The molecule has 1 unspecified atom stereocenters. The van der Waals surface area contributed by atoms with Crippen LogP contribution in [0.4, 0.5) is 0 Å². The molecule has 1 aromatic rings. The van der Waals surface area contributed by atoms with Gasteiger partial charge in [-0.1, -0.05) is 24.3 Å². The Morgan fingerprint density at radius 2 is 1.82 bits per heavy atom. The normalized spacial score (nSPS) is 11.7. The molecule has 0 spiro atoms. The number of hydrogen-bond acceptors (Lipinski definition) is 3. The summed E-state index contributed by atoms with van der Waals surface area (Å²) in [5.41, 5.74) is 2.28. The monoisotopic (exact) mass is 328 g/mol. The van der Waals surface area contributed by atoms with Gasteiger partial charge >= 0.3 is 5.97 Å². The van der Waals surface area contributed by atoms with Crippen LogP contribution in [0.3, 0.4) is 0 Å². The molecule has 1 N–H and O–H groups in total. The number of carboxylic acids is 1. The molecule has 0 fully saturated rings. The third-order valence-corrected chi connectivity index (χ3v) is 3.74. The van der Waals surface area contributed by atoms with E-state index < -0.39 is 5.97 Å². The number of halogens is 1. The van der Waals surface area contributed by atoms with Gasteiger partial charge in [-0.2, -0.15) is 0 Å². The predicted molar refractivity (Wildman–Crippen MR) is 89.2 cm³/mol. The molecule has 1 rings (SSSR count). The molecular formula is C16H25ClN2O3. The Morgan fingerprint density at radius 3 is 2.36 bits per heavy atom. The Hall–Kier alpha value is -1.59. The molecule has 0 aliphatic carbocycles. The van der Waals surface area contributed by atoms with Crippen molar-refractivity contribution < 1.29 is 14.7 Å². The molecule has 124 valence electrons. The second kappa shape index (κ2) is 9.43. The van der Waals surface area contributed by atoms with Crippen molar-refractivity contribution in [1.82, 2.24) is 9.80 Å². The first-order chi connectivity index (χ1) is 9.82. The minimum Gasteiger partial charge on any atom is -0.481 e. The van der Waals surface area contributed by atoms with E-state index in [0.717, 1.165) is 11.1 Å². The molecule has 5 nitrogen and oxygen atoms in total. The van der Waals surface area contributed by atoms with Gasteiger partial charge in [0.25, 0.3) is 0 Å². The van der Waals surface area contributed by atoms with E-state index in [9.17, 15) is 9.59 Å². The molecule has 1 aromatic carbocycles. The molecule has 0 aliphatic heterocycles. The molecule has 0 radical (unpaired) electrons. The third kappa shape index (κ3) is 6.03. The standard InChI is InChI=1S/C16H24N2O3.ClH/c1-12-7-5-6-8-14(12)11-18(4)16(21)13(2)17(3)10-9-15(19)20;/h5-8,13H,9-11H2,1-4H3,(H,19,20);1H. The fraction of sp³-hybridized carbons (Fsp3) is 0.500. The van der Waals surface area contributed by atoms with Gasteiger partial charge in [-0.3, -0.25) is 14.5 Å². The van der Waals surface area contributed by atoms with Gasteiger partial charge < -0.3 is 10.0 Å². The van der Waals surface area contributed by atoms with Gasteiger partial charge in [0.1, 0.15) is 0 Å². The van der Waals surface area contributed by atoms with Crippen LogP contribution in [0.15, 0.2) is 24.3 Å². The van der Waals surface area contributed by atoms with Crippen LogP contribution in [0, 0.1) is 6.92 Å². The second-order valence-electron chi connectivity index (χ2n) is 5.42. The summed E-state index contributed by atoms with van der Waals surface area (Å²) < 4.78 is 0. The first-order valence-corrected chi connectivity index (χ1v) is 7.04. The molecule has 22 heavy (non-hydrogen) atoms. The topological polar surface area (TPSA) is 60.9 Å². The zero-order chi connectivity index (χ0) is 16.0. The molecule has 1 atom stereocenters. The van der Waals surface area contributed by atoms with Crippen molar-refractivity contribution in [2.75, 3.05) is 20.6 Å². The maximum atomic E-state index is 12.4. The Morgan fingerprint density at radius 1 is 1.23 bits per heavy atom. The van der Waals surface area contributed by atoms with E-state index in [1.54, 1.807) is 30.8 Å². The number of hydrogen-bond donors (Lipinski definition) is 1. The first kappa shape index (κ1) is 20.4. The lowest BCUT2D eigenvalue weighted by Gasteiger charge is -2.28. The van der Waals surface area contributed by atoms with Gasteiger partial charge in [0.05, 0.1) is 12.5 Å². The van der Waals surface area contributed by atoms with Crippen molar-refractivity contribution in [2.24, 2.45) is 0 Å². The highest BCUT2D eigenvalue weighted by Crippen LogP contribution is 2.11. The van der Waals surface area contributed by atoms with E-state index in [4.69, 9.17) is 5.11 Å². The number of aryl methyl sites for hydroxylation is 1. The molecule has 0 saturated heterocycles. The van der Waals surface area contributed by atoms with Gasteiger partial charge in [-0.15, -0.1) is 12.4 Å². The smallest absolute Gasteiger partial charge is 0.304 e. The van der Waals surface area contributed by atoms with Crippen molar-refractivity contribution in [2.45, 2.75) is 32.9 Å². The highest BCUT2D eigenvalue weighted by molar-refractivity contribution is 5.85.